The van der Waals surface area contributed by atoms with Crippen LogP contribution in [0.4, 0.5) is 0 Å². The molecule has 0 aromatic carbocycles. The van der Waals surface area contributed by atoms with Gasteiger partial charge in [-0.05, 0) is 19.4 Å². The molecule has 3 N–H and O–H groups in total. The zero-order chi connectivity index (χ0) is 11.5. The lowest BCUT2D eigenvalue weighted by molar-refractivity contribution is 0.127. The lowest BCUT2D eigenvalue weighted by Crippen LogP contribution is -2.16. The third-order valence-corrected chi connectivity index (χ3v) is 3.80. The van der Waals surface area contributed by atoms with Crippen molar-refractivity contribution in [1.29, 1.82) is 5.41 Å². The van der Waals surface area contributed by atoms with Crippen LogP contribution in [0.2, 0.25) is 0 Å². The molecule has 1 aliphatic heterocycles. The highest BCUT2D eigenvalue weighted by atomic mass is 32.2. The van der Waals surface area contributed by atoms with Gasteiger partial charge >= 0.3 is 0 Å². The lowest BCUT2D eigenvalue weighted by atomic mass is 10.3. The molecule has 1 saturated heterocycles. The minimum Gasteiger partial charge on any atom is -0.382 e. The largest absolute Gasteiger partial charge is 0.382 e. The predicted octanol–water partition coefficient (Wildman–Crippen LogP) is 1.03. The van der Waals surface area contributed by atoms with Gasteiger partial charge in [0.15, 0.2) is 5.16 Å². The standard InChI is InChI=1S/C10H14N4OS/c1-6-8(3-5-15-6)16-10-13-4-2-7(14-10)9(11)12/h2,4,6,8H,3,5H2,1H3,(H3,11,12). The van der Waals surface area contributed by atoms with E-state index in [1.807, 2.05) is 0 Å². The molecule has 6 heteroatoms. The van der Waals surface area contributed by atoms with Crippen LogP contribution in [0.15, 0.2) is 17.4 Å². The fourth-order valence-corrected chi connectivity index (χ4v) is 2.58. The number of nitrogens with one attached hydrogen (secondary N) is 1. The van der Waals surface area contributed by atoms with E-state index in [0.717, 1.165) is 13.0 Å². The van der Waals surface area contributed by atoms with Gasteiger partial charge in [-0.2, -0.15) is 0 Å². The zero-order valence-electron chi connectivity index (χ0n) is 9.01. The molecule has 2 atom stereocenters. The highest BCUT2D eigenvalue weighted by molar-refractivity contribution is 7.99. The van der Waals surface area contributed by atoms with Crippen LogP contribution in [-0.4, -0.2) is 33.8 Å². The molecule has 1 aromatic rings. The number of amidine groups is 1. The summed E-state index contributed by atoms with van der Waals surface area (Å²) in [5, 5.41) is 8.36. The average Bonchev–Trinajstić information content (AvgIpc) is 2.65. The van der Waals surface area contributed by atoms with Crippen molar-refractivity contribution in [3.05, 3.63) is 18.0 Å². The van der Waals surface area contributed by atoms with Crippen LogP contribution in [0, 0.1) is 5.41 Å². The molecule has 5 nitrogen and oxygen atoms in total. The van der Waals surface area contributed by atoms with Gasteiger partial charge in [-0.25, -0.2) is 9.97 Å². The second-order valence-electron chi connectivity index (χ2n) is 3.66. The van der Waals surface area contributed by atoms with E-state index < -0.39 is 0 Å². The van der Waals surface area contributed by atoms with E-state index >= 15 is 0 Å². The van der Waals surface area contributed by atoms with Crippen LogP contribution in [0.1, 0.15) is 19.0 Å². The molecule has 2 unspecified atom stereocenters. The van der Waals surface area contributed by atoms with E-state index in [0.29, 0.717) is 16.1 Å². The predicted molar refractivity (Wildman–Crippen MR) is 62.7 cm³/mol. The summed E-state index contributed by atoms with van der Waals surface area (Å²) in [7, 11) is 0. The van der Waals surface area contributed by atoms with Gasteiger partial charge in [0, 0.05) is 18.1 Å². The fraction of sp³-hybridized carbons (Fsp3) is 0.500. The third-order valence-electron chi connectivity index (χ3n) is 2.47. The van der Waals surface area contributed by atoms with Crippen molar-refractivity contribution in [3.8, 4) is 0 Å². The molecular formula is C10H14N4OS. The van der Waals surface area contributed by atoms with E-state index in [9.17, 15) is 0 Å². The highest BCUT2D eigenvalue weighted by Gasteiger charge is 2.26. The molecule has 0 radical (unpaired) electrons. The summed E-state index contributed by atoms with van der Waals surface area (Å²) >= 11 is 1.59. The van der Waals surface area contributed by atoms with Crippen molar-refractivity contribution in [2.24, 2.45) is 5.73 Å². The van der Waals surface area contributed by atoms with Crippen molar-refractivity contribution in [2.45, 2.75) is 29.9 Å². The van der Waals surface area contributed by atoms with Gasteiger partial charge in [0.05, 0.1) is 6.10 Å². The molecule has 1 aliphatic rings. The van der Waals surface area contributed by atoms with Gasteiger partial charge < -0.3 is 10.5 Å². The monoisotopic (exact) mass is 238 g/mol. The second-order valence-corrected chi connectivity index (χ2v) is 4.87. The van der Waals surface area contributed by atoms with Crippen molar-refractivity contribution in [1.82, 2.24) is 9.97 Å². The van der Waals surface area contributed by atoms with Gasteiger partial charge in [-0.15, -0.1) is 0 Å². The number of hydrogen-bond donors (Lipinski definition) is 2. The number of nitrogens with zero attached hydrogens (tertiary/aromatic N) is 2. The summed E-state index contributed by atoms with van der Waals surface area (Å²) in [4.78, 5) is 8.38. The van der Waals surface area contributed by atoms with Gasteiger partial charge in [0.2, 0.25) is 0 Å². The Kier molecular flexibility index (Phi) is 3.40. The molecular weight excluding hydrogens is 224 g/mol. The Labute approximate surface area is 98.3 Å². The number of aromatic nitrogens is 2. The molecule has 2 rings (SSSR count). The Morgan fingerprint density at radius 1 is 1.69 bits per heavy atom. The van der Waals surface area contributed by atoms with E-state index in [2.05, 4.69) is 16.9 Å². The highest BCUT2D eigenvalue weighted by Crippen LogP contribution is 2.30. The Bertz CT molecular complexity index is 398. The number of thioether (sulfide) groups is 1. The first-order chi connectivity index (χ1) is 7.66. The molecule has 1 fully saturated rings. The second kappa shape index (κ2) is 4.80. The minimum atomic E-state index is -0.0278. The molecule has 16 heavy (non-hydrogen) atoms. The maximum absolute atomic E-state index is 7.31. The first-order valence-corrected chi connectivity index (χ1v) is 6.00. The van der Waals surface area contributed by atoms with E-state index in [1.165, 1.54) is 0 Å². The molecule has 0 aliphatic carbocycles. The molecule has 0 amide bonds. The average molecular weight is 238 g/mol. The molecule has 0 spiro atoms. The SMILES string of the molecule is CC1OCCC1Sc1nccc(C(=N)N)n1. The molecule has 0 bridgehead atoms. The van der Waals surface area contributed by atoms with Crippen LogP contribution in [0.3, 0.4) is 0 Å². The fourth-order valence-electron chi connectivity index (χ4n) is 1.55. The molecule has 86 valence electrons. The number of ether oxygens (including phenoxy) is 1. The zero-order valence-corrected chi connectivity index (χ0v) is 9.83. The first kappa shape index (κ1) is 11.3. The Morgan fingerprint density at radius 2 is 2.50 bits per heavy atom. The van der Waals surface area contributed by atoms with Gasteiger partial charge in [-0.3, -0.25) is 5.41 Å². The quantitative estimate of drug-likeness (QED) is 0.467. The summed E-state index contributed by atoms with van der Waals surface area (Å²) in [6, 6.07) is 1.64. The van der Waals surface area contributed by atoms with E-state index in [-0.39, 0.29) is 11.9 Å². The molecule has 2 heterocycles. The molecule has 0 saturated carbocycles. The summed E-state index contributed by atoms with van der Waals surface area (Å²) < 4.78 is 5.47. The van der Waals surface area contributed by atoms with Gasteiger partial charge in [0.25, 0.3) is 0 Å². The van der Waals surface area contributed by atoms with Gasteiger partial charge in [0.1, 0.15) is 11.5 Å². The Balaban J connectivity index is 2.09. The van der Waals surface area contributed by atoms with E-state index in [1.54, 1.807) is 24.0 Å². The molecule has 1 aromatic heterocycles. The minimum absolute atomic E-state index is 0.0278. The number of rotatable bonds is 3. The van der Waals surface area contributed by atoms with Crippen LogP contribution in [0.5, 0.6) is 0 Å². The smallest absolute Gasteiger partial charge is 0.188 e. The van der Waals surface area contributed by atoms with Crippen LogP contribution in [-0.2, 0) is 4.74 Å². The maximum Gasteiger partial charge on any atom is 0.188 e. The maximum atomic E-state index is 7.31. The van der Waals surface area contributed by atoms with Crippen molar-refractivity contribution >= 4 is 17.6 Å². The summed E-state index contributed by atoms with van der Waals surface area (Å²) in [5.74, 6) is -0.0278. The van der Waals surface area contributed by atoms with E-state index in [4.69, 9.17) is 15.9 Å². The first-order valence-electron chi connectivity index (χ1n) is 5.12. The number of hydrogen-bond acceptors (Lipinski definition) is 5. The number of nitrogen functional groups attached to an aromatic ring is 1. The lowest BCUT2D eigenvalue weighted by Gasteiger charge is -2.12. The Hall–Kier alpha value is -1.14. The normalized spacial score (nSPS) is 24.6. The topological polar surface area (TPSA) is 84.9 Å². The van der Waals surface area contributed by atoms with Crippen LogP contribution < -0.4 is 5.73 Å². The van der Waals surface area contributed by atoms with Crippen LogP contribution >= 0.6 is 11.8 Å². The van der Waals surface area contributed by atoms with Crippen molar-refractivity contribution in [2.75, 3.05) is 6.61 Å². The Morgan fingerprint density at radius 3 is 3.12 bits per heavy atom. The summed E-state index contributed by atoms with van der Waals surface area (Å²) in [5.41, 5.74) is 5.85. The summed E-state index contributed by atoms with van der Waals surface area (Å²) in [6.07, 6.45) is 2.88. The van der Waals surface area contributed by atoms with Crippen LogP contribution in [0.25, 0.3) is 0 Å². The summed E-state index contributed by atoms with van der Waals surface area (Å²) in [6.45, 7) is 2.85. The number of nitrogens with two attached hydrogens (primary N) is 1. The van der Waals surface area contributed by atoms with Crippen molar-refractivity contribution in [3.63, 3.8) is 0 Å². The third kappa shape index (κ3) is 2.51. The van der Waals surface area contributed by atoms with Gasteiger partial charge in [-0.1, -0.05) is 11.8 Å². The van der Waals surface area contributed by atoms with Crippen molar-refractivity contribution < 1.29 is 4.74 Å².